The average Bonchev–Trinajstić information content (AvgIpc) is 2.48. The van der Waals surface area contributed by atoms with E-state index >= 15 is 0 Å². The van der Waals surface area contributed by atoms with Crippen molar-refractivity contribution in [3.8, 4) is 0 Å². The summed E-state index contributed by atoms with van der Waals surface area (Å²) in [4.78, 5) is 26.5. The fourth-order valence-corrected chi connectivity index (χ4v) is 2.91. The Hall–Kier alpha value is -1.88. The van der Waals surface area contributed by atoms with Crippen molar-refractivity contribution in [3.05, 3.63) is 35.4 Å². The van der Waals surface area contributed by atoms with Gasteiger partial charge in [0.15, 0.2) is 0 Å². The topological polar surface area (TPSA) is 69.6 Å². The zero-order valence-electron chi connectivity index (χ0n) is 15.1. The Balaban J connectivity index is 2.02. The summed E-state index contributed by atoms with van der Waals surface area (Å²) in [5.41, 5.74) is 0.192. The van der Waals surface area contributed by atoms with Crippen LogP contribution in [0.5, 0.6) is 0 Å². The normalized spacial score (nSPS) is 16.2. The molecule has 0 unspecified atom stereocenters. The summed E-state index contributed by atoms with van der Waals surface area (Å²) in [5.74, 6) is -0.361. The lowest BCUT2D eigenvalue weighted by Gasteiger charge is -2.36. The molecular weight excluding hydrogens is 304 g/mol. The molecule has 2 N–H and O–H groups in total. The Morgan fingerprint density at radius 3 is 2.42 bits per heavy atom. The largest absolute Gasteiger partial charge is 0.388 e. The predicted octanol–water partition coefficient (Wildman–Crippen LogP) is 2.45. The number of carbonyl (C=O) groups excluding carboxylic acids is 2. The molecule has 0 heterocycles. The number of carbonyl (C=O) groups is 2. The van der Waals surface area contributed by atoms with E-state index < -0.39 is 5.60 Å². The van der Waals surface area contributed by atoms with E-state index in [9.17, 15) is 14.7 Å². The standard InChI is InChI=1S/C19H28N2O3/c1-18(2,3)13-21(4)17(23)15-8-5-7-14(11-15)16(22)20-12-19(24)9-6-10-19/h5,7-8,11,24H,6,9-10,12-13H2,1-4H3,(H,20,22). The summed E-state index contributed by atoms with van der Waals surface area (Å²) >= 11 is 0. The van der Waals surface area contributed by atoms with Gasteiger partial charge >= 0.3 is 0 Å². The first-order valence-electron chi connectivity index (χ1n) is 8.46. The monoisotopic (exact) mass is 332 g/mol. The number of hydrogen-bond acceptors (Lipinski definition) is 3. The number of rotatable bonds is 5. The summed E-state index contributed by atoms with van der Waals surface area (Å²) in [6.45, 7) is 7.12. The highest BCUT2D eigenvalue weighted by Crippen LogP contribution is 2.30. The third-order valence-electron chi connectivity index (χ3n) is 4.29. The summed E-state index contributed by atoms with van der Waals surface area (Å²) < 4.78 is 0. The van der Waals surface area contributed by atoms with Gasteiger partial charge in [-0.05, 0) is 42.9 Å². The quantitative estimate of drug-likeness (QED) is 0.870. The van der Waals surface area contributed by atoms with Crippen molar-refractivity contribution in [2.45, 2.75) is 45.6 Å². The molecule has 5 nitrogen and oxygen atoms in total. The second kappa shape index (κ2) is 6.93. The Kier molecular flexibility index (Phi) is 5.33. The van der Waals surface area contributed by atoms with Crippen molar-refractivity contribution in [2.75, 3.05) is 20.1 Å². The van der Waals surface area contributed by atoms with Crippen LogP contribution in [-0.4, -0.2) is 47.6 Å². The molecule has 132 valence electrons. The minimum Gasteiger partial charge on any atom is -0.388 e. The Bertz CT molecular complexity index is 615. The number of nitrogens with one attached hydrogen (secondary N) is 1. The van der Waals surface area contributed by atoms with Gasteiger partial charge in [0, 0.05) is 31.3 Å². The van der Waals surface area contributed by atoms with Crippen LogP contribution in [0.25, 0.3) is 0 Å². The van der Waals surface area contributed by atoms with Crippen LogP contribution in [0.1, 0.15) is 60.7 Å². The van der Waals surface area contributed by atoms with Crippen LogP contribution >= 0.6 is 0 Å². The number of amides is 2. The van der Waals surface area contributed by atoms with Crippen LogP contribution in [0, 0.1) is 5.41 Å². The fraction of sp³-hybridized carbons (Fsp3) is 0.579. The molecule has 2 amide bonds. The molecule has 1 saturated carbocycles. The number of benzene rings is 1. The van der Waals surface area contributed by atoms with Gasteiger partial charge in [-0.2, -0.15) is 0 Å². The van der Waals surface area contributed by atoms with Gasteiger partial charge in [0.2, 0.25) is 0 Å². The summed E-state index contributed by atoms with van der Waals surface area (Å²) in [5, 5.41) is 12.8. The zero-order valence-corrected chi connectivity index (χ0v) is 15.1. The highest BCUT2D eigenvalue weighted by Gasteiger charge is 2.34. The van der Waals surface area contributed by atoms with Gasteiger partial charge in [-0.25, -0.2) is 0 Å². The first-order chi connectivity index (χ1) is 11.1. The van der Waals surface area contributed by atoms with Crippen LogP contribution in [-0.2, 0) is 0 Å². The van der Waals surface area contributed by atoms with Crippen LogP contribution < -0.4 is 5.32 Å². The van der Waals surface area contributed by atoms with Crippen LogP contribution in [0.4, 0.5) is 0 Å². The van der Waals surface area contributed by atoms with E-state index in [-0.39, 0.29) is 23.8 Å². The molecule has 1 aromatic rings. The van der Waals surface area contributed by atoms with E-state index in [4.69, 9.17) is 0 Å². The van der Waals surface area contributed by atoms with Crippen LogP contribution in [0.15, 0.2) is 24.3 Å². The van der Waals surface area contributed by atoms with Crippen molar-refractivity contribution < 1.29 is 14.7 Å². The molecule has 2 rings (SSSR count). The second-order valence-electron chi connectivity index (χ2n) is 8.06. The van der Waals surface area contributed by atoms with Crippen molar-refractivity contribution >= 4 is 11.8 Å². The van der Waals surface area contributed by atoms with Crippen LogP contribution in [0.3, 0.4) is 0 Å². The van der Waals surface area contributed by atoms with Crippen LogP contribution in [0.2, 0.25) is 0 Å². The molecule has 1 fully saturated rings. The highest BCUT2D eigenvalue weighted by atomic mass is 16.3. The number of aliphatic hydroxyl groups is 1. The Labute approximate surface area is 144 Å². The molecule has 0 aliphatic heterocycles. The summed E-state index contributed by atoms with van der Waals surface area (Å²) in [7, 11) is 1.77. The number of hydrogen-bond donors (Lipinski definition) is 2. The fourth-order valence-electron chi connectivity index (χ4n) is 2.91. The molecule has 0 aromatic heterocycles. The van der Waals surface area contributed by atoms with E-state index in [1.807, 2.05) is 0 Å². The molecule has 1 aliphatic rings. The van der Waals surface area contributed by atoms with E-state index in [2.05, 4.69) is 26.1 Å². The van der Waals surface area contributed by atoms with Crippen molar-refractivity contribution in [1.29, 1.82) is 0 Å². The molecule has 0 bridgehead atoms. The Morgan fingerprint density at radius 2 is 1.88 bits per heavy atom. The second-order valence-corrected chi connectivity index (χ2v) is 8.06. The zero-order chi connectivity index (χ0) is 18.0. The minimum absolute atomic E-state index is 0.0115. The summed E-state index contributed by atoms with van der Waals surface area (Å²) in [6.07, 6.45) is 2.45. The molecule has 24 heavy (non-hydrogen) atoms. The SMILES string of the molecule is CN(CC(C)(C)C)C(=O)c1cccc(C(=O)NCC2(O)CCC2)c1. The molecule has 0 atom stereocenters. The lowest BCUT2D eigenvalue weighted by Crippen LogP contribution is -2.47. The van der Waals surface area contributed by atoms with E-state index in [1.165, 1.54) is 0 Å². The van der Waals surface area contributed by atoms with Gasteiger partial charge in [0.25, 0.3) is 11.8 Å². The van der Waals surface area contributed by atoms with E-state index in [0.29, 0.717) is 17.7 Å². The third-order valence-corrected chi connectivity index (χ3v) is 4.29. The van der Waals surface area contributed by atoms with Gasteiger partial charge in [-0.3, -0.25) is 9.59 Å². The maximum atomic E-state index is 12.5. The molecule has 1 aromatic carbocycles. The number of nitrogens with zero attached hydrogens (tertiary/aromatic N) is 1. The molecule has 1 aliphatic carbocycles. The summed E-state index contributed by atoms with van der Waals surface area (Å²) in [6, 6.07) is 6.73. The first-order valence-corrected chi connectivity index (χ1v) is 8.46. The van der Waals surface area contributed by atoms with Gasteiger partial charge in [0.1, 0.15) is 0 Å². The van der Waals surface area contributed by atoms with E-state index in [1.54, 1.807) is 36.2 Å². The molecule has 0 spiro atoms. The maximum absolute atomic E-state index is 12.5. The Morgan fingerprint density at radius 1 is 1.25 bits per heavy atom. The van der Waals surface area contributed by atoms with Gasteiger partial charge < -0.3 is 15.3 Å². The van der Waals surface area contributed by atoms with Crippen molar-refractivity contribution in [2.24, 2.45) is 5.41 Å². The van der Waals surface area contributed by atoms with Gasteiger partial charge in [-0.15, -0.1) is 0 Å². The lowest BCUT2D eigenvalue weighted by atomic mass is 9.80. The highest BCUT2D eigenvalue weighted by molar-refractivity contribution is 5.99. The van der Waals surface area contributed by atoms with Crippen molar-refractivity contribution in [1.82, 2.24) is 10.2 Å². The minimum atomic E-state index is -0.754. The average molecular weight is 332 g/mol. The van der Waals surface area contributed by atoms with Gasteiger partial charge in [0.05, 0.1) is 5.60 Å². The molecular formula is C19H28N2O3. The predicted molar refractivity (Wildman–Crippen MR) is 94.0 cm³/mol. The molecule has 0 saturated heterocycles. The first kappa shape index (κ1) is 18.5. The molecule has 5 heteroatoms. The maximum Gasteiger partial charge on any atom is 0.253 e. The lowest BCUT2D eigenvalue weighted by molar-refractivity contribution is -0.0300. The smallest absolute Gasteiger partial charge is 0.253 e. The van der Waals surface area contributed by atoms with Crippen molar-refractivity contribution in [3.63, 3.8) is 0 Å². The third kappa shape index (κ3) is 4.81. The van der Waals surface area contributed by atoms with E-state index in [0.717, 1.165) is 19.3 Å². The van der Waals surface area contributed by atoms with Gasteiger partial charge in [-0.1, -0.05) is 26.8 Å². The molecule has 0 radical (unpaired) electrons.